The van der Waals surface area contributed by atoms with Gasteiger partial charge in [-0.3, -0.25) is 4.99 Å². The molecule has 2 aromatic heterocycles. The number of guanidine groups is 1. The molecule has 1 saturated heterocycles. The summed E-state index contributed by atoms with van der Waals surface area (Å²) < 4.78 is 6.76. The van der Waals surface area contributed by atoms with Crippen molar-refractivity contribution >= 4 is 35.0 Å². The van der Waals surface area contributed by atoms with Gasteiger partial charge in [-0.2, -0.15) is 0 Å². The molecule has 1 fully saturated rings. The fourth-order valence-electron chi connectivity index (χ4n) is 4.62. The van der Waals surface area contributed by atoms with Crippen molar-refractivity contribution in [2.75, 3.05) is 38.0 Å². The van der Waals surface area contributed by atoms with Crippen LogP contribution in [0.1, 0.15) is 18.4 Å². The van der Waals surface area contributed by atoms with Crippen LogP contribution in [-0.4, -0.2) is 86.3 Å². The number of nitrogens with one attached hydrogen (secondary N) is 3. The molecule has 0 spiro atoms. The molecule has 3 aromatic rings. The Bertz CT molecular complexity index is 1290. The first-order chi connectivity index (χ1) is 18.6. The van der Waals surface area contributed by atoms with E-state index in [4.69, 9.17) is 4.74 Å². The minimum absolute atomic E-state index is 0.0416. The summed E-state index contributed by atoms with van der Waals surface area (Å²) in [5, 5.41) is 18.8. The van der Waals surface area contributed by atoms with E-state index in [1.165, 1.54) is 12.7 Å². The van der Waals surface area contributed by atoms with Crippen LogP contribution in [0.15, 0.2) is 48.0 Å². The van der Waals surface area contributed by atoms with E-state index in [1.54, 1.807) is 4.57 Å². The number of aromatic nitrogens is 4. The first-order valence-electron chi connectivity index (χ1n) is 12.7. The molecule has 1 atom stereocenters. The average molecular weight is 522 g/mol. The smallest absolute Gasteiger partial charge is 0.408 e. The minimum atomic E-state index is -1.23. The molecule has 0 saturated carbocycles. The molecule has 2 aliphatic rings. The number of amides is 1. The van der Waals surface area contributed by atoms with Crippen molar-refractivity contribution in [2.45, 2.75) is 32.0 Å². The summed E-state index contributed by atoms with van der Waals surface area (Å²) in [7, 11) is 0. The van der Waals surface area contributed by atoms with Gasteiger partial charge in [0, 0.05) is 26.2 Å². The number of carboxylic acid groups (broad SMARTS) is 1. The number of aliphatic carboxylic acids is 1. The lowest BCUT2D eigenvalue weighted by Gasteiger charge is -2.33. The van der Waals surface area contributed by atoms with Gasteiger partial charge in [0.2, 0.25) is 0 Å². The molecule has 38 heavy (non-hydrogen) atoms. The zero-order valence-corrected chi connectivity index (χ0v) is 20.9. The summed E-state index contributed by atoms with van der Waals surface area (Å²) in [4.78, 5) is 44.0. The maximum absolute atomic E-state index is 12.2. The third-order valence-electron chi connectivity index (χ3n) is 6.71. The number of carbonyl (C=O) groups is 2. The van der Waals surface area contributed by atoms with E-state index in [-0.39, 0.29) is 13.2 Å². The van der Waals surface area contributed by atoms with Crippen molar-refractivity contribution in [2.24, 2.45) is 10.9 Å². The Balaban J connectivity index is 1.17. The molecule has 1 amide bonds. The Hall–Kier alpha value is -4.42. The number of carboxylic acids is 1. The van der Waals surface area contributed by atoms with Crippen molar-refractivity contribution < 1.29 is 19.4 Å². The van der Waals surface area contributed by atoms with Crippen molar-refractivity contribution in [3.05, 3.63) is 48.5 Å². The molecule has 4 N–H and O–H groups in total. The molecular weight excluding hydrogens is 490 g/mol. The number of carbonyl (C=O) groups excluding carboxylic acids is 1. The quantitative estimate of drug-likeness (QED) is 0.323. The van der Waals surface area contributed by atoms with Crippen LogP contribution in [0.2, 0.25) is 0 Å². The molecule has 0 unspecified atom stereocenters. The lowest BCUT2D eigenvalue weighted by Crippen LogP contribution is -2.44. The number of hydrogen-bond acceptors (Lipinski definition) is 10. The Labute approximate surface area is 219 Å². The van der Waals surface area contributed by atoms with Crippen LogP contribution in [0.5, 0.6) is 0 Å². The zero-order chi connectivity index (χ0) is 26.3. The summed E-state index contributed by atoms with van der Waals surface area (Å²) >= 11 is 0. The third kappa shape index (κ3) is 6.10. The Kier molecular flexibility index (Phi) is 7.81. The number of nitrogens with zero attached hydrogens (tertiary/aromatic N) is 6. The van der Waals surface area contributed by atoms with E-state index in [0.717, 1.165) is 57.1 Å². The van der Waals surface area contributed by atoms with Crippen LogP contribution in [0, 0.1) is 5.92 Å². The van der Waals surface area contributed by atoms with E-state index in [1.807, 2.05) is 30.3 Å². The van der Waals surface area contributed by atoms with Gasteiger partial charge in [-0.15, -0.1) is 0 Å². The monoisotopic (exact) mass is 521 g/mol. The molecular formula is C25H31N9O4. The SMILES string of the molecule is O=C(N[C@@H](Cn1cnc2c(NCC3CCN(C4=NCCN4)CC3)ncnc21)C(=O)O)OCc1ccccc1. The zero-order valence-electron chi connectivity index (χ0n) is 20.9. The van der Waals surface area contributed by atoms with Gasteiger partial charge in [-0.1, -0.05) is 30.3 Å². The highest BCUT2D eigenvalue weighted by molar-refractivity contribution is 5.84. The molecule has 1 aromatic carbocycles. The number of aliphatic imine (C=N–C) groups is 1. The highest BCUT2D eigenvalue weighted by Gasteiger charge is 2.25. The number of hydrogen-bond donors (Lipinski definition) is 4. The van der Waals surface area contributed by atoms with E-state index in [9.17, 15) is 14.7 Å². The van der Waals surface area contributed by atoms with E-state index < -0.39 is 18.1 Å². The second-order valence-electron chi connectivity index (χ2n) is 9.33. The van der Waals surface area contributed by atoms with Crippen LogP contribution < -0.4 is 16.0 Å². The number of fused-ring (bicyclic) bond motifs is 1. The van der Waals surface area contributed by atoms with E-state index in [2.05, 4.69) is 40.8 Å². The average Bonchev–Trinajstić information content (AvgIpc) is 3.62. The molecule has 5 rings (SSSR count). The van der Waals surface area contributed by atoms with Gasteiger partial charge in [0.05, 0.1) is 19.4 Å². The standard InChI is InChI=1S/C25H31N9O4/c35-23(36)19(32-25(37)38-14-18-4-2-1-3-5-18)13-34-16-31-20-21(29-15-30-22(20)34)28-12-17-6-10-33(11-7-17)24-26-8-9-27-24/h1-5,15-17,19H,6-14H2,(H,26,27)(H,32,37)(H,35,36)(H,28,29,30)/t19-/m0/s1. The fourth-order valence-corrected chi connectivity index (χ4v) is 4.62. The Morgan fingerprint density at radius 3 is 2.71 bits per heavy atom. The highest BCUT2D eigenvalue weighted by atomic mass is 16.5. The molecule has 13 heteroatoms. The van der Waals surface area contributed by atoms with Crippen molar-refractivity contribution in [3.8, 4) is 0 Å². The van der Waals surface area contributed by atoms with E-state index in [0.29, 0.717) is 22.9 Å². The van der Waals surface area contributed by atoms with Crippen molar-refractivity contribution in [1.29, 1.82) is 0 Å². The summed E-state index contributed by atoms with van der Waals surface area (Å²) in [6, 6.07) is 7.93. The number of anilines is 1. The molecule has 4 heterocycles. The number of rotatable bonds is 9. The van der Waals surface area contributed by atoms with Gasteiger partial charge in [0.25, 0.3) is 0 Å². The third-order valence-corrected chi connectivity index (χ3v) is 6.71. The summed E-state index contributed by atoms with van der Waals surface area (Å²) in [6.07, 6.45) is 4.20. The van der Waals surface area contributed by atoms with E-state index >= 15 is 0 Å². The van der Waals surface area contributed by atoms with Gasteiger partial charge < -0.3 is 35.3 Å². The maximum Gasteiger partial charge on any atom is 0.408 e. The predicted molar refractivity (Wildman–Crippen MR) is 140 cm³/mol. The number of benzene rings is 1. The van der Waals surface area contributed by atoms with Crippen molar-refractivity contribution in [1.82, 2.24) is 35.1 Å². The lowest BCUT2D eigenvalue weighted by molar-refractivity contribution is -0.139. The molecule has 200 valence electrons. The number of ether oxygens (including phenoxy) is 1. The van der Waals surface area contributed by atoms with Gasteiger partial charge in [-0.05, 0) is 24.3 Å². The minimum Gasteiger partial charge on any atom is -0.480 e. The normalized spacial score (nSPS) is 16.5. The van der Waals surface area contributed by atoms with Crippen LogP contribution in [0.25, 0.3) is 11.2 Å². The van der Waals surface area contributed by atoms with Crippen LogP contribution in [0.4, 0.5) is 10.6 Å². The molecule has 2 aliphatic heterocycles. The summed E-state index contributed by atoms with van der Waals surface area (Å²) in [6.45, 7) is 4.40. The predicted octanol–water partition coefficient (Wildman–Crippen LogP) is 1.29. The Morgan fingerprint density at radius 2 is 1.97 bits per heavy atom. The van der Waals surface area contributed by atoms with Crippen LogP contribution >= 0.6 is 0 Å². The highest BCUT2D eigenvalue weighted by Crippen LogP contribution is 2.21. The van der Waals surface area contributed by atoms with Gasteiger partial charge in [0.1, 0.15) is 24.5 Å². The number of imidazole rings is 1. The molecule has 0 radical (unpaired) electrons. The first-order valence-corrected chi connectivity index (χ1v) is 12.7. The second kappa shape index (κ2) is 11.8. The number of likely N-dealkylation sites (tertiary alicyclic amines) is 1. The van der Waals surface area contributed by atoms with Crippen LogP contribution in [-0.2, 0) is 22.7 Å². The largest absolute Gasteiger partial charge is 0.480 e. The summed E-state index contributed by atoms with van der Waals surface area (Å²) in [5.74, 6) is 0.905. The van der Waals surface area contributed by atoms with Crippen LogP contribution in [0.3, 0.4) is 0 Å². The number of alkyl carbamates (subject to hydrolysis) is 1. The fraction of sp³-hybridized carbons (Fsp3) is 0.440. The lowest BCUT2D eigenvalue weighted by atomic mass is 9.97. The van der Waals surface area contributed by atoms with Crippen molar-refractivity contribution in [3.63, 3.8) is 0 Å². The first kappa shape index (κ1) is 25.2. The molecule has 0 aliphatic carbocycles. The summed E-state index contributed by atoms with van der Waals surface area (Å²) in [5.41, 5.74) is 1.83. The second-order valence-corrected chi connectivity index (χ2v) is 9.33. The molecule has 0 bridgehead atoms. The van der Waals surface area contributed by atoms with Gasteiger partial charge in [0.15, 0.2) is 17.4 Å². The number of piperidine rings is 1. The topological polar surface area (TPSA) is 159 Å². The molecule has 13 nitrogen and oxygen atoms in total. The van der Waals surface area contributed by atoms with Gasteiger partial charge in [-0.25, -0.2) is 24.5 Å². The van der Waals surface area contributed by atoms with Gasteiger partial charge >= 0.3 is 12.1 Å². The Morgan fingerprint density at radius 1 is 1.16 bits per heavy atom. The maximum atomic E-state index is 12.2.